The maximum atomic E-state index is 12.0. The Bertz CT molecular complexity index is 551. The summed E-state index contributed by atoms with van der Waals surface area (Å²) in [6, 6.07) is 9.30. The van der Waals surface area contributed by atoms with Gasteiger partial charge in [0.15, 0.2) is 0 Å². The fraction of sp³-hybridized carbons (Fsp3) is 0.357. The van der Waals surface area contributed by atoms with E-state index in [1.54, 1.807) is 39.0 Å². The van der Waals surface area contributed by atoms with Gasteiger partial charge in [0, 0.05) is 0 Å². The van der Waals surface area contributed by atoms with Crippen molar-refractivity contribution >= 4 is 11.6 Å². The Balaban J connectivity index is 3.08. The molecule has 18 heavy (non-hydrogen) atoms. The van der Waals surface area contributed by atoms with E-state index in [1.165, 1.54) is 0 Å². The van der Waals surface area contributed by atoms with Crippen molar-refractivity contribution in [2.24, 2.45) is 5.41 Å². The van der Waals surface area contributed by atoms with Gasteiger partial charge in [-0.05, 0) is 31.9 Å². The number of nitriles is 2. The van der Waals surface area contributed by atoms with Crippen LogP contribution in [0.25, 0.3) is 0 Å². The minimum atomic E-state index is -1.07. The predicted octanol–water partition coefficient (Wildman–Crippen LogP) is 2.75. The molecule has 4 nitrogen and oxygen atoms in total. The quantitative estimate of drug-likeness (QED) is 0.883. The van der Waals surface area contributed by atoms with E-state index in [2.05, 4.69) is 11.4 Å². The lowest BCUT2D eigenvalue weighted by Gasteiger charge is -2.19. The summed E-state index contributed by atoms with van der Waals surface area (Å²) < 4.78 is 0. The highest BCUT2D eigenvalue weighted by Crippen LogP contribution is 2.24. The van der Waals surface area contributed by atoms with Gasteiger partial charge in [-0.2, -0.15) is 10.5 Å². The van der Waals surface area contributed by atoms with Crippen LogP contribution in [-0.4, -0.2) is 5.91 Å². The first-order chi connectivity index (χ1) is 8.48. The van der Waals surface area contributed by atoms with Gasteiger partial charge >= 0.3 is 0 Å². The number of aryl methyl sites for hydroxylation is 1. The fourth-order valence-corrected chi connectivity index (χ4v) is 1.47. The number of rotatable bonds is 3. The second-order valence-corrected chi connectivity index (χ2v) is 4.36. The van der Waals surface area contributed by atoms with Gasteiger partial charge in [-0.3, -0.25) is 4.79 Å². The lowest BCUT2D eigenvalue weighted by molar-refractivity contribution is -0.122. The summed E-state index contributed by atoms with van der Waals surface area (Å²) in [5.41, 5.74) is 0.612. The molecule has 1 atom stereocenters. The van der Waals surface area contributed by atoms with Crippen LogP contribution < -0.4 is 5.32 Å². The van der Waals surface area contributed by atoms with Crippen molar-refractivity contribution in [3.63, 3.8) is 0 Å². The molecule has 0 saturated heterocycles. The highest BCUT2D eigenvalue weighted by atomic mass is 16.2. The van der Waals surface area contributed by atoms with E-state index in [9.17, 15) is 4.79 Å². The molecule has 1 aromatic rings. The number of nitrogens with one attached hydrogen (secondary N) is 1. The number of carbonyl (C=O) groups excluding carboxylic acids is 1. The molecule has 1 aromatic carbocycles. The predicted molar refractivity (Wildman–Crippen MR) is 68.5 cm³/mol. The van der Waals surface area contributed by atoms with E-state index in [4.69, 9.17) is 10.5 Å². The van der Waals surface area contributed by atoms with Crippen LogP contribution in [0.15, 0.2) is 18.2 Å². The van der Waals surface area contributed by atoms with Gasteiger partial charge < -0.3 is 5.32 Å². The van der Waals surface area contributed by atoms with E-state index >= 15 is 0 Å². The summed E-state index contributed by atoms with van der Waals surface area (Å²) >= 11 is 0. The van der Waals surface area contributed by atoms with Crippen molar-refractivity contribution in [1.82, 2.24) is 0 Å². The molecule has 92 valence electrons. The van der Waals surface area contributed by atoms with Crippen LogP contribution in [0, 0.1) is 35.0 Å². The first-order valence-corrected chi connectivity index (χ1v) is 5.71. The Morgan fingerprint density at radius 1 is 1.44 bits per heavy atom. The third-order valence-electron chi connectivity index (χ3n) is 3.09. The lowest BCUT2D eigenvalue weighted by atomic mass is 9.88. The SMILES string of the molecule is CCC(C)(C#N)C(=O)Nc1cccc(C)c1C#N. The third kappa shape index (κ3) is 2.49. The monoisotopic (exact) mass is 241 g/mol. The van der Waals surface area contributed by atoms with Gasteiger partial charge in [-0.1, -0.05) is 19.1 Å². The molecule has 0 fully saturated rings. The zero-order valence-electron chi connectivity index (χ0n) is 10.7. The molecule has 0 aliphatic heterocycles. The number of anilines is 1. The molecule has 1 unspecified atom stereocenters. The van der Waals surface area contributed by atoms with E-state index in [0.717, 1.165) is 5.56 Å². The number of hydrogen-bond donors (Lipinski definition) is 1. The molecular formula is C14H15N3O. The normalized spacial score (nSPS) is 12.9. The molecule has 0 radical (unpaired) electrons. The van der Waals surface area contributed by atoms with Crippen LogP contribution in [0.2, 0.25) is 0 Å². The van der Waals surface area contributed by atoms with Crippen LogP contribution in [0.3, 0.4) is 0 Å². The molecule has 4 heteroatoms. The first kappa shape index (κ1) is 13.7. The zero-order valence-corrected chi connectivity index (χ0v) is 10.7. The van der Waals surface area contributed by atoms with E-state index in [0.29, 0.717) is 17.7 Å². The van der Waals surface area contributed by atoms with Crippen molar-refractivity contribution in [1.29, 1.82) is 10.5 Å². The van der Waals surface area contributed by atoms with Gasteiger partial charge in [0.2, 0.25) is 5.91 Å². The minimum Gasteiger partial charge on any atom is -0.324 e. The molecule has 0 aliphatic carbocycles. The maximum absolute atomic E-state index is 12.0. The summed E-state index contributed by atoms with van der Waals surface area (Å²) in [5, 5.41) is 20.8. The topological polar surface area (TPSA) is 76.7 Å². The lowest BCUT2D eigenvalue weighted by Crippen LogP contribution is -2.31. The highest BCUT2D eigenvalue weighted by Gasteiger charge is 2.31. The molecule has 1 rings (SSSR count). The minimum absolute atomic E-state index is 0.380. The highest BCUT2D eigenvalue weighted by molar-refractivity contribution is 5.98. The molecule has 1 amide bonds. The molecular weight excluding hydrogens is 226 g/mol. The van der Waals surface area contributed by atoms with Gasteiger partial charge in [0.1, 0.15) is 11.5 Å². The van der Waals surface area contributed by atoms with Gasteiger partial charge in [0.05, 0.1) is 17.3 Å². The van der Waals surface area contributed by atoms with E-state index < -0.39 is 5.41 Å². The fourth-order valence-electron chi connectivity index (χ4n) is 1.47. The van der Waals surface area contributed by atoms with Crippen LogP contribution in [0.1, 0.15) is 31.4 Å². The van der Waals surface area contributed by atoms with Crippen LogP contribution in [0.4, 0.5) is 5.69 Å². The standard InChI is InChI=1S/C14H15N3O/c1-4-14(3,9-16)13(18)17-12-7-5-6-10(2)11(12)8-15/h5-7H,4H2,1-3H3,(H,17,18). The van der Waals surface area contributed by atoms with Crippen molar-refractivity contribution in [2.75, 3.05) is 5.32 Å². The van der Waals surface area contributed by atoms with Crippen molar-refractivity contribution in [3.05, 3.63) is 29.3 Å². The Hall–Kier alpha value is -2.33. The molecule has 0 heterocycles. The number of benzene rings is 1. The Morgan fingerprint density at radius 2 is 2.11 bits per heavy atom. The Kier molecular flexibility index (Phi) is 4.07. The summed E-state index contributed by atoms with van der Waals surface area (Å²) in [4.78, 5) is 12.0. The van der Waals surface area contributed by atoms with Crippen LogP contribution in [0.5, 0.6) is 0 Å². The smallest absolute Gasteiger partial charge is 0.244 e. The second kappa shape index (κ2) is 5.33. The third-order valence-corrected chi connectivity index (χ3v) is 3.09. The van der Waals surface area contributed by atoms with Gasteiger partial charge in [0.25, 0.3) is 0 Å². The average molecular weight is 241 g/mol. The molecule has 0 saturated carbocycles. The number of nitrogens with zero attached hydrogens (tertiary/aromatic N) is 2. The Morgan fingerprint density at radius 3 is 2.61 bits per heavy atom. The number of amides is 1. The van der Waals surface area contributed by atoms with Crippen LogP contribution >= 0.6 is 0 Å². The van der Waals surface area contributed by atoms with Crippen molar-refractivity contribution < 1.29 is 4.79 Å². The summed E-state index contributed by atoms with van der Waals surface area (Å²) in [6.45, 7) is 5.17. The van der Waals surface area contributed by atoms with Gasteiger partial charge in [-0.25, -0.2) is 0 Å². The average Bonchev–Trinajstić information content (AvgIpc) is 2.38. The van der Waals surface area contributed by atoms with E-state index in [1.807, 2.05) is 6.07 Å². The molecule has 1 N–H and O–H groups in total. The van der Waals surface area contributed by atoms with Gasteiger partial charge in [-0.15, -0.1) is 0 Å². The molecule has 0 spiro atoms. The maximum Gasteiger partial charge on any atom is 0.244 e. The summed E-state index contributed by atoms with van der Waals surface area (Å²) in [5.74, 6) is -0.380. The van der Waals surface area contributed by atoms with Crippen molar-refractivity contribution in [2.45, 2.75) is 27.2 Å². The number of hydrogen-bond acceptors (Lipinski definition) is 3. The summed E-state index contributed by atoms with van der Waals surface area (Å²) in [6.07, 6.45) is 0.420. The van der Waals surface area contributed by atoms with Crippen molar-refractivity contribution in [3.8, 4) is 12.1 Å². The summed E-state index contributed by atoms with van der Waals surface area (Å²) in [7, 11) is 0. The Labute approximate surface area is 107 Å². The van der Waals surface area contributed by atoms with Crippen LogP contribution in [-0.2, 0) is 4.79 Å². The largest absolute Gasteiger partial charge is 0.324 e. The number of carbonyl (C=O) groups is 1. The van der Waals surface area contributed by atoms with E-state index in [-0.39, 0.29) is 5.91 Å². The molecule has 0 aliphatic rings. The molecule has 0 bridgehead atoms. The molecule has 0 aromatic heterocycles. The zero-order chi connectivity index (χ0) is 13.8. The second-order valence-electron chi connectivity index (χ2n) is 4.36. The first-order valence-electron chi connectivity index (χ1n) is 5.71.